The van der Waals surface area contributed by atoms with Gasteiger partial charge in [0.2, 0.25) is 0 Å². The number of carbonyl (C=O) groups is 1. The molecule has 1 aromatic rings. The first-order valence-electron chi connectivity index (χ1n) is 7.93. The number of amides is 1. The van der Waals surface area contributed by atoms with E-state index in [0.29, 0.717) is 13.2 Å². The minimum atomic E-state index is 0.136. The van der Waals surface area contributed by atoms with Crippen LogP contribution in [-0.2, 0) is 17.8 Å². The molecule has 1 saturated heterocycles. The second-order valence-corrected chi connectivity index (χ2v) is 6.75. The summed E-state index contributed by atoms with van der Waals surface area (Å²) in [5, 5.41) is 0. The first-order chi connectivity index (χ1) is 10.2. The van der Waals surface area contributed by atoms with Crippen LogP contribution in [-0.4, -0.2) is 36.5 Å². The fraction of sp³-hybridized carbons (Fsp3) is 0.588. The molecule has 0 unspecified atom stereocenters. The lowest BCUT2D eigenvalue weighted by Crippen LogP contribution is -2.45. The molecule has 1 amide bonds. The van der Waals surface area contributed by atoms with Crippen molar-refractivity contribution in [1.29, 1.82) is 0 Å². The standard InChI is InChI=1S/C17H22N2O2/c18-15-9-19(11-17(15)6-2-7-17)16(20)13-4-1-3-12-5-8-21-10-14(12)13/h1,3-4,15H,2,5-11,18H2/t15-/m0/s1. The Labute approximate surface area is 125 Å². The number of fused-ring (bicyclic) bond motifs is 1. The lowest BCUT2D eigenvalue weighted by atomic mass is 9.66. The number of carbonyl (C=O) groups excluding carboxylic acids is 1. The number of benzene rings is 1. The van der Waals surface area contributed by atoms with Crippen LogP contribution >= 0.6 is 0 Å². The zero-order valence-electron chi connectivity index (χ0n) is 12.3. The number of rotatable bonds is 1. The summed E-state index contributed by atoms with van der Waals surface area (Å²) in [6.45, 7) is 2.84. The van der Waals surface area contributed by atoms with Crippen LogP contribution in [0.2, 0.25) is 0 Å². The van der Waals surface area contributed by atoms with Gasteiger partial charge < -0.3 is 15.4 Å². The maximum atomic E-state index is 12.9. The van der Waals surface area contributed by atoms with Crippen LogP contribution in [0.15, 0.2) is 18.2 Å². The summed E-state index contributed by atoms with van der Waals surface area (Å²) in [6, 6.07) is 6.18. The van der Waals surface area contributed by atoms with Gasteiger partial charge in [0.05, 0.1) is 13.2 Å². The Kier molecular flexibility index (Phi) is 3.05. The van der Waals surface area contributed by atoms with E-state index in [1.54, 1.807) is 0 Å². The lowest BCUT2D eigenvalue weighted by molar-refractivity contribution is 0.0713. The van der Waals surface area contributed by atoms with Gasteiger partial charge in [-0.3, -0.25) is 4.79 Å². The molecule has 3 aliphatic rings. The van der Waals surface area contributed by atoms with Crippen molar-refractivity contribution in [3.8, 4) is 0 Å². The molecule has 2 fully saturated rings. The summed E-state index contributed by atoms with van der Waals surface area (Å²) in [7, 11) is 0. The smallest absolute Gasteiger partial charge is 0.254 e. The molecule has 1 atom stereocenters. The van der Waals surface area contributed by atoms with E-state index in [1.807, 2.05) is 17.0 Å². The number of ether oxygens (including phenoxy) is 1. The molecule has 2 aliphatic heterocycles. The van der Waals surface area contributed by atoms with E-state index < -0.39 is 0 Å². The van der Waals surface area contributed by atoms with Crippen LogP contribution in [0.1, 0.15) is 40.7 Å². The van der Waals surface area contributed by atoms with Crippen molar-refractivity contribution in [2.75, 3.05) is 19.7 Å². The summed E-state index contributed by atoms with van der Waals surface area (Å²) in [6.07, 6.45) is 4.51. The first-order valence-corrected chi connectivity index (χ1v) is 7.93. The Bertz CT molecular complexity index is 580. The normalized spacial score (nSPS) is 26.5. The van der Waals surface area contributed by atoms with Crippen molar-refractivity contribution in [2.45, 2.75) is 38.3 Å². The van der Waals surface area contributed by atoms with Gasteiger partial charge in [0.15, 0.2) is 0 Å². The fourth-order valence-electron chi connectivity index (χ4n) is 4.07. The second-order valence-electron chi connectivity index (χ2n) is 6.75. The summed E-state index contributed by atoms with van der Waals surface area (Å²) >= 11 is 0. The van der Waals surface area contributed by atoms with Crippen molar-refractivity contribution in [2.24, 2.45) is 11.1 Å². The number of nitrogens with two attached hydrogens (primary N) is 1. The van der Waals surface area contributed by atoms with E-state index in [0.717, 1.165) is 30.7 Å². The van der Waals surface area contributed by atoms with Gasteiger partial charge >= 0.3 is 0 Å². The van der Waals surface area contributed by atoms with Crippen LogP contribution in [0.3, 0.4) is 0 Å². The van der Waals surface area contributed by atoms with E-state index in [4.69, 9.17) is 10.5 Å². The monoisotopic (exact) mass is 286 g/mol. The number of likely N-dealkylation sites (tertiary alicyclic amines) is 1. The maximum absolute atomic E-state index is 12.9. The highest BCUT2D eigenvalue weighted by molar-refractivity contribution is 5.96. The third-order valence-electron chi connectivity index (χ3n) is 5.61. The minimum absolute atomic E-state index is 0.136. The molecule has 4 rings (SSSR count). The topological polar surface area (TPSA) is 55.6 Å². The largest absolute Gasteiger partial charge is 0.376 e. The van der Waals surface area contributed by atoms with Gasteiger partial charge in [-0.25, -0.2) is 0 Å². The fourth-order valence-corrected chi connectivity index (χ4v) is 4.07. The molecular formula is C17H22N2O2. The van der Waals surface area contributed by atoms with Crippen LogP contribution in [0, 0.1) is 5.41 Å². The van der Waals surface area contributed by atoms with Crippen molar-refractivity contribution >= 4 is 5.91 Å². The summed E-state index contributed by atoms with van der Waals surface area (Å²) in [4.78, 5) is 14.9. The average molecular weight is 286 g/mol. The first kappa shape index (κ1) is 13.3. The minimum Gasteiger partial charge on any atom is -0.376 e. The number of hydrogen-bond acceptors (Lipinski definition) is 3. The van der Waals surface area contributed by atoms with Gasteiger partial charge in [0, 0.05) is 30.1 Å². The average Bonchev–Trinajstić information content (AvgIpc) is 2.84. The number of nitrogens with zero attached hydrogens (tertiary/aromatic N) is 1. The Morgan fingerprint density at radius 1 is 1.38 bits per heavy atom. The molecule has 1 spiro atoms. The Hall–Kier alpha value is -1.39. The molecule has 0 aromatic heterocycles. The van der Waals surface area contributed by atoms with E-state index in [2.05, 4.69) is 6.07 Å². The van der Waals surface area contributed by atoms with E-state index in [-0.39, 0.29) is 17.4 Å². The van der Waals surface area contributed by atoms with Crippen molar-refractivity contribution in [1.82, 2.24) is 4.90 Å². The van der Waals surface area contributed by atoms with Crippen LogP contribution in [0.25, 0.3) is 0 Å². The molecule has 1 aromatic carbocycles. The lowest BCUT2D eigenvalue weighted by Gasteiger charge is -2.41. The highest BCUT2D eigenvalue weighted by Gasteiger charge is 2.50. The highest BCUT2D eigenvalue weighted by Crippen LogP contribution is 2.47. The Morgan fingerprint density at radius 2 is 2.24 bits per heavy atom. The molecule has 0 bridgehead atoms. The highest BCUT2D eigenvalue weighted by atomic mass is 16.5. The van der Waals surface area contributed by atoms with Crippen LogP contribution in [0.4, 0.5) is 0 Å². The molecule has 0 radical (unpaired) electrons. The van der Waals surface area contributed by atoms with Gasteiger partial charge in [-0.2, -0.15) is 0 Å². The Balaban J connectivity index is 1.61. The summed E-state index contributed by atoms with van der Waals surface area (Å²) < 4.78 is 5.55. The molecule has 4 nitrogen and oxygen atoms in total. The predicted molar refractivity (Wildman–Crippen MR) is 80.0 cm³/mol. The van der Waals surface area contributed by atoms with Crippen molar-refractivity contribution < 1.29 is 9.53 Å². The van der Waals surface area contributed by atoms with Crippen molar-refractivity contribution in [3.05, 3.63) is 34.9 Å². The third-order valence-corrected chi connectivity index (χ3v) is 5.61. The third kappa shape index (κ3) is 2.00. The molecular weight excluding hydrogens is 264 g/mol. The molecule has 112 valence electrons. The van der Waals surface area contributed by atoms with Gasteiger partial charge in [-0.15, -0.1) is 0 Å². The molecule has 2 N–H and O–H groups in total. The van der Waals surface area contributed by atoms with Crippen LogP contribution in [0.5, 0.6) is 0 Å². The van der Waals surface area contributed by atoms with Crippen LogP contribution < -0.4 is 5.73 Å². The van der Waals surface area contributed by atoms with Gasteiger partial charge in [-0.05, 0) is 36.5 Å². The van der Waals surface area contributed by atoms with Crippen molar-refractivity contribution in [3.63, 3.8) is 0 Å². The SMILES string of the molecule is N[C@H]1CN(C(=O)c2cccc3c2COCC3)CC12CCC2. The van der Waals surface area contributed by atoms with E-state index in [9.17, 15) is 4.79 Å². The zero-order valence-corrected chi connectivity index (χ0v) is 12.3. The molecule has 1 aliphatic carbocycles. The predicted octanol–water partition coefficient (Wildman–Crippen LogP) is 1.71. The Morgan fingerprint density at radius 3 is 2.95 bits per heavy atom. The quantitative estimate of drug-likeness (QED) is 0.855. The summed E-state index contributed by atoms with van der Waals surface area (Å²) in [5.74, 6) is 0.136. The van der Waals surface area contributed by atoms with Gasteiger partial charge in [-0.1, -0.05) is 18.6 Å². The maximum Gasteiger partial charge on any atom is 0.254 e. The summed E-state index contributed by atoms with van der Waals surface area (Å²) in [5.41, 5.74) is 9.66. The molecule has 4 heteroatoms. The number of hydrogen-bond donors (Lipinski definition) is 1. The van der Waals surface area contributed by atoms with Gasteiger partial charge in [0.1, 0.15) is 0 Å². The second kappa shape index (κ2) is 4.82. The van der Waals surface area contributed by atoms with Gasteiger partial charge in [0.25, 0.3) is 5.91 Å². The molecule has 2 heterocycles. The van der Waals surface area contributed by atoms with E-state index in [1.165, 1.54) is 24.8 Å². The zero-order chi connectivity index (χ0) is 14.4. The molecule has 1 saturated carbocycles. The van der Waals surface area contributed by atoms with E-state index >= 15 is 0 Å². The molecule has 21 heavy (non-hydrogen) atoms.